The molecule has 2 aliphatic rings. The summed E-state index contributed by atoms with van der Waals surface area (Å²) in [4.78, 5) is 0. The molecule has 1 saturated heterocycles. The third kappa shape index (κ3) is 2.69. The molecule has 1 heterocycles. The third-order valence-corrected chi connectivity index (χ3v) is 3.59. The monoisotopic (exact) mass is 198 g/mol. The van der Waals surface area contributed by atoms with Crippen molar-refractivity contribution in [3.05, 3.63) is 0 Å². The number of rotatable bonds is 3. The van der Waals surface area contributed by atoms with E-state index in [1.165, 1.54) is 25.7 Å². The molecule has 0 radical (unpaired) electrons. The zero-order valence-electron chi connectivity index (χ0n) is 8.93. The van der Waals surface area contributed by atoms with E-state index in [0.29, 0.717) is 0 Å². The molecule has 0 aromatic heterocycles. The van der Waals surface area contributed by atoms with E-state index in [0.717, 1.165) is 38.6 Å². The van der Waals surface area contributed by atoms with Crippen LogP contribution in [-0.4, -0.2) is 31.3 Å². The second-order valence-corrected chi connectivity index (χ2v) is 4.84. The maximum Gasteiger partial charge on any atom is 0.0484 e. The van der Waals surface area contributed by atoms with E-state index < -0.39 is 0 Å². The molecule has 3 nitrogen and oxygen atoms in total. The summed E-state index contributed by atoms with van der Waals surface area (Å²) in [5.74, 6) is 0. The maximum atomic E-state index is 6.29. The molecule has 0 bridgehead atoms. The number of ether oxygens (including phenoxy) is 1. The van der Waals surface area contributed by atoms with Gasteiger partial charge in [-0.3, -0.25) is 0 Å². The number of nitrogens with two attached hydrogens (primary N) is 1. The fourth-order valence-electron chi connectivity index (χ4n) is 2.43. The predicted molar refractivity (Wildman–Crippen MR) is 57.2 cm³/mol. The van der Waals surface area contributed by atoms with Crippen molar-refractivity contribution in [1.82, 2.24) is 5.32 Å². The van der Waals surface area contributed by atoms with Gasteiger partial charge in [0, 0.05) is 31.3 Å². The third-order valence-electron chi connectivity index (χ3n) is 3.59. The smallest absolute Gasteiger partial charge is 0.0484 e. The molecule has 0 amide bonds. The van der Waals surface area contributed by atoms with Crippen LogP contribution in [0.2, 0.25) is 0 Å². The Morgan fingerprint density at radius 3 is 2.50 bits per heavy atom. The molecular weight excluding hydrogens is 176 g/mol. The van der Waals surface area contributed by atoms with Crippen LogP contribution in [0.5, 0.6) is 0 Å². The van der Waals surface area contributed by atoms with Gasteiger partial charge in [0.2, 0.25) is 0 Å². The van der Waals surface area contributed by atoms with Crippen molar-refractivity contribution < 1.29 is 4.74 Å². The molecule has 0 unspecified atom stereocenters. The van der Waals surface area contributed by atoms with Crippen molar-refractivity contribution in [2.75, 3.05) is 19.8 Å². The molecule has 0 aromatic rings. The topological polar surface area (TPSA) is 47.3 Å². The van der Waals surface area contributed by atoms with E-state index in [9.17, 15) is 0 Å². The van der Waals surface area contributed by atoms with Gasteiger partial charge in [0.1, 0.15) is 0 Å². The van der Waals surface area contributed by atoms with Crippen LogP contribution in [0.3, 0.4) is 0 Å². The van der Waals surface area contributed by atoms with Crippen LogP contribution in [0.4, 0.5) is 0 Å². The van der Waals surface area contributed by atoms with Crippen molar-refractivity contribution in [3.63, 3.8) is 0 Å². The molecule has 0 atom stereocenters. The van der Waals surface area contributed by atoms with Gasteiger partial charge < -0.3 is 15.8 Å². The summed E-state index contributed by atoms with van der Waals surface area (Å²) in [6.07, 6.45) is 7.47. The molecule has 3 heteroatoms. The first-order valence-electron chi connectivity index (χ1n) is 5.89. The zero-order valence-corrected chi connectivity index (χ0v) is 8.93. The van der Waals surface area contributed by atoms with E-state index >= 15 is 0 Å². The van der Waals surface area contributed by atoms with Gasteiger partial charge in [-0.1, -0.05) is 12.8 Å². The summed E-state index contributed by atoms with van der Waals surface area (Å²) in [5, 5.41) is 3.61. The summed E-state index contributed by atoms with van der Waals surface area (Å²) in [5.41, 5.74) is 6.30. The Balaban J connectivity index is 1.72. The van der Waals surface area contributed by atoms with Crippen molar-refractivity contribution in [3.8, 4) is 0 Å². The van der Waals surface area contributed by atoms with E-state index in [1.807, 2.05) is 0 Å². The molecule has 1 saturated carbocycles. The fourth-order valence-corrected chi connectivity index (χ4v) is 2.43. The SMILES string of the molecule is NC1(CNC2CCCC2)CCOCC1. The van der Waals surface area contributed by atoms with E-state index in [1.54, 1.807) is 0 Å². The summed E-state index contributed by atoms with van der Waals surface area (Å²) >= 11 is 0. The lowest BCUT2D eigenvalue weighted by molar-refractivity contribution is 0.0522. The van der Waals surface area contributed by atoms with Crippen LogP contribution in [-0.2, 0) is 4.74 Å². The minimum atomic E-state index is 0.000833. The first-order chi connectivity index (χ1) is 6.79. The zero-order chi connectivity index (χ0) is 9.86. The number of nitrogens with one attached hydrogen (secondary N) is 1. The van der Waals surface area contributed by atoms with Gasteiger partial charge in [-0.15, -0.1) is 0 Å². The molecule has 1 aliphatic heterocycles. The summed E-state index contributed by atoms with van der Waals surface area (Å²) < 4.78 is 5.33. The van der Waals surface area contributed by atoms with Crippen LogP contribution >= 0.6 is 0 Å². The molecule has 0 spiro atoms. The first kappa shape index (κ1) is 10.4. The van der Waals surface area contributed by atoms with E-state index in [2.05, 4.69) is 5.32 Å². The lowest BCUT2D eigenvalue weighted by atomic mass is 9.91. The molecule has 1 aliphatic carbocycles. The molecule has 0 aromatic carbocycles. The van der Waals surface area contributed by atoms with Crippen LogP contribution < -0.4 is 11.1 Å². The molecule has 14 heavy (non-hydrogen) atoms. The predicted octanol–water partition coefficient (Wildman–Crippen LogP) is 1.03. The van der Waals surface area contributed by atoms with Gasteiger partial charge in [-0.05, 0) is 25.7 Å². The van der Waals surface area contributed by atoms with Gasteiger partial charge in [0.25, 0.3) is 0 Å². The number of hydrogen-bond donors (Lipinski definition) is 2. The average Bonchev–Trinajstić information content (AvgIpc) is 2.69. The van der Waals surface area contributed by atoms with Gasteiger partial charge in [-0.25, -0.2) is 0 Å². The Morgan fingerprint density at radius 2 is 1.86 bits per heavy atom. The van der Waals surface area contributed by atoms with Gasteiger partial charge in [0.05, 0.1) is 0 Å². The lowest BCUT2D eigenvalue weighted by Crippen LogP contribution is -2.53. The molecule has 3 N–H and O–H groups in total. The Kier molecular flexibility index (Phi) is 3.42. The van der Waals surface area contributed by atoms with Crippen molar-refractivity contribution in [2.24, 2.45) is 5.73 Å². The van der Waals surface area contributed by atoms with Crippen LogP contribution in [0.15, 0.2) is 0 Å². The standard InChI is InChI=1S/C11H22N2O/c12-11(5-7-14-8-6-11)9-13-10-3-1-2-4-10/h10,13H,1-9,12H2. The highest BCUT2D eigenvalue weighted by molar-refractivity contribution is 4.90. The highest BCUT2D eigenvalue weighted by Gasteiger charge is 2.28. The molecule has 2 fully saturated rings. The minimum Gasteiger partial charge on any atom is -0.381 e. The summed E-state index contributed by atoms with van der Waals surface area (Å²) in [6, 6.07) is 0.735. The van der Waals surface area contributed by atoms with Crippen molar-refractivity contribution >= 4 is 0 Å². The van der Waals surface area contributed by atoms with Crippen LogP contribution in [0, 0.1) is 0 Å². The normalized spacial score (nSPS) is 28.1. The van der Waals surface area contributed by atoms with Gasteiger partial charge in [-0.2, -0.15) is 0 Å². The van der Waals surface area contributed by atoms with Crippen molar-refractivity contribution in [2.45, 2.75) is 50.1 Å². The fraction of sp³-hybridized carbons (Fsp3) is 1.00. The number of hydrogen-bond acceptors (Lipinski definition) is 3. The van der Waals surface area contributed by atoms with Crippen molar-refractivity contribution in [1.29, 1.82) is 0 Å². The van der Waals surface area contributed by atoms with Crippen LogP contribution in [0.1, 0.15) is 38.5 Å². The second-order valence-electron chi connectivity index (χ2n) is 4.84. The Hall–Kier alpha value is -0.120. The van der Waals surface area contributed by atoms with Crippen LogP contribution in [0.25, 0.3) is 0 Å². The highest BCUT2D eigenvalue weighted by Crippen LogP contribution is 2.20. The average molecular weight is 198 g/mol. The lowest BCUT2D eigenvalue weighted by Gasteiger charge is -2.34. The second kappa shape index (κ2) is 4.60. The molecule has 2 rings (SSSR count). The highest BCUT2D eigenvalue weighted by atomic mass is 16.5. The largest absolute Gasteiger partial charge is 0.381 e. The van der Waals surface area contributed by atoms with Gasteiger partial charge in [0.15, 0.2) is 0 Å². The summed E-state index contributed by atoms with van der Waals surface area (Å²) in [6.45, 7) is 2.65. The Labute approximate surface area is 86.4 Å². The minimum absolute atomic E-state index is 0.000833. The summed E-state index contributed by atoms with van der Waals surface area (Å²) in [7, 11) is 0. The van der Waals surface area contributed by atoms with E-state index in [-0.39, 0.29) is 5.54 Å². The maximum absolute atomic E-state index is 6.29. The Bertz CT molecular complexity index is 172. The molecular formula is C11H22N2O. The Morgan fingerprint density at radius 1 is 1.21 bits per heavy atom. The quantitative estimate of drug-likeness (QED) is 0.712. The van der Waals surface area contributed by atoms with E-state index in [4.69, 9.17) is 10.5 Å². The first-order valence-corrected chi connectivity index (χ1v) is 5.89. The van der Waals surface area contributed by atoms with Gasteiger partial charge >= 0.3 is 0 Å². The molecule has 82 valence electrons.